The second-order valence-electron chi connectivity index (χ2n) is 3.77. The van der Waals surface area contributed by atoms with Gasteiger partial charge in [-0.2, -0.15) is 0 Å². The van der Waals surface area contributed by atoms with Crippen LogP contribution in [0.3, 0.4) is 0 Å². The van der Waals surface area contributed by atoms with Crippen molar-refractivity contribution in [1.29, 1.82) is 0 Å². The number of rotatable bonds is 3. The number of aromatic nitrogens is 1. The lowest BCUT2D eigenvalue weighted by molar-refractivity contribution is 0.194. The average molecular weight is 284 g/mol. The van der Waals surface area contributed by atoms with E-state index in [0.717, 1.165) is 0 Å². The molecule has 0 spiro atoms. The first-order valence-electron chi connectivity index (χ1n) is 5.33. The van der Waals surface area contributed by atoms with E-state index in [1.807, 2.05) is 0 Å². The minimum Gasteiger partial charge on any atom is -0.456 e. The Morgan fingerprint density at radius 3 is 2.39 bits per heavy atom. The predicted molar refractivity (Wildman–Crippen MR) is 71.4 cm³/mol. The maximum atomic E-state index is 9.34. The highest BCUT2D eigenvalue weighted by atomic mass is 35.5. The number of benzene rings is 1. The third kappa shape index (κ3) is 3.13. The number of hydrogen-bond donors (Lipinski definition) is 1. The van der Waals surface area contributed by atoms with Gasteiger partial charge >= 0.3 is 0 Å². The summed E-state index contributed by atoms with van der Waals surface area (Å²) in [5.74, 6) is 1.15. The van der Waals surface area contributed by atoms with Gasteiger partial charge in [-0.3, -0.25) is 4.98 Å². The number of nitrogens with zero attached hydrogens (tertiary/aromatic N) is 1. The van der Waals surface area contributed by atoms with Crippen LogP contribution in [0.1, 0.15) is 18.7 Å². The topological polar surface area (TPSA) is 42.4 Å². The summed E-state index contributed by atoms with van der Waals surface area (Å²) < 4.78 is 5.56. The maximum Gasteiger partial charge on any atom is 0.145 e. The fourth-order valence-corrected chi connectivity index (χ4v) is 1.66. The second-order valence-corrected chi connectivity index (χ2v) is 4.59. The number of ether oxygens (including phenoxy) is 1. The van der Waals surface area contributed by atoms with Gasteiger partial charge in [-0.05, 0) is 31.2 Å². The number of halogens is 2. The lowest BCUT2D eigenvalue weighted by Gasteiger charge is -2.08. The zero-order chi connectivity index (χ0) is 13.1. The Kier molecular flexibility index (Phi) is 4.07. The lowest BCUT2D eigenvalue weighted by atomic mass is 10.2. The van der Waals surface area contributed by atoms with Crippen LogP contribution in [0.2, 0.25) is 10.0 Å². The predicted octanol–water partition coefficient (Wildman–Crippen LogP) is 4.23. The average Bonchev–Trinajstić information content (AvgIpc) is 2.34. The second kappa shape index (κ2) is 5.57. The summed E-state index contributed by atoms with van der Waals surface area (Å²) in [5, 5.41) is 10.2. The van der Waals surface area contributed by atoms with E-state index in [0.29, 0.717) is 27.2 Å². The molecule has 1 N–H and O–H groups in total. The molecule has 18 heavy (non-hydrogen) atoms. The third-order valence-corrected chi connectivity index (χ3v) is 3.05. The van der Waals surface area contributed by atoms with Gasteiger partial charge in [0.15, 0.2) is 0 Å². The highest BCUT2D eigenvalue weighted by Crippen LogP contribution is 2.29. The molecule has 0 unspecified atom stereocenters. The molecule has 0 radical (unpaired) electrons. The van der Waals surface area contributed by atoms with Gasteiger partial charge in [0, 0.05) is 6.07 Å². The molecule has 0 bridgehead atoms. The van der Waals surface area contributed by atoms with Crippen molar-refractivity contribution in [2.24, 2.45) is 0 Å². The fourth-order valence-electron chi connectivity index (χ4n) is 1.38. The van der Waals surface area contributed by atoms with E-state index in [1.165, 1.54) is 0 Å². The molecule has 0 aliphatic rings. The molecule has 5 heteroatoms. The summed E-state index contributed by atoms with van der Waals surface area (Å²) >= 11 is 11.7. The summed E-state index contributed by atoms with van der Waals surface area (Å²) in [7, 11) is 0. The highest BCUT2D eigenvalue weighted by Gasteiger charge is 2.04. The van der Waals surface area contributed by atoms with Gasteiger partial charge in [0.1, 0.15) is 11.5 Å². The van der Waals surface area contributed by atoms with Crippen molar-refractivity contribution in [3.8, 4) is 11.5 Å². The fraction of sp³-hybridized carbons (Fsp3) is 0.154. The molecule has 1 aromatic heterocycles. The Bertz CT molecular complexity index is 541. The van der Waals surface area contributed by atoms with Gasteiger partial charge in [-0.15, -0.1) is 0 Å². The molecule has 0 aliphatic carbocycles. The quantitative estimate of drug-likeness (QED) is 0.916. The van der Waals surface area contributed by atoms with Crippen molar-refractivity contribution >= 4 is 23.2 Å². The molecule has 0 fully saturated rings. The van der Waals surface area contributed by atoms with Crippen molar-refractivity contribution in [2.45, 2.75) is 13.0 Å². The molecular weight excluding hydrogens is 273 g/mol. The van der Waals surface area contributed by atoms with Gasteiger partial charge < -0.3 is 9.84 Å². The molecule has 2 aromatic rings. The Hall–Kier alpha value is -1.29. The summed E-state index contributed by atoms with van der Waals surface area (Å²) in [4.78, 5) is 4.08. The molecule has 2 rings (SSSR count). The van der Waals surface area contributed by atoms with E-state index in [-0.39, 0.29) is 0 Å². The van der Waals surface area contributed by atoms with Crippen LogP contribution < -0.4 is 4.74 Å². The molecule has 1 atom stereocenters. The zero-order valence-electron chi connectivity index (χ0n) is 9.60. The summed E-state index contributed by atoms with van der Waals surface area (Å²) in [5.41, 5.74) is 0.594. The molecule has 94 valence electrons. The first-order chi connectivity index (χ1) is 8.56. The normalized spacial score (nSPS) is 12.2. The van der Waals surface area contributed by atoms with Crippen LogP contribution in [0.15, 0.2) is 36.5 Å². The van der Waals surface area contributed by atoms with Crippen molar-refractivity contribution < 1.29 is 9.84 Å². The van der Waals surface area contributed by atoms with E-state index in [1.54, 1.807) is 43.5 Å². The Morgan fingerprint density at radius 1 is 1.11 bits per heavy atom. The van der Waals surface area contributed by atoms with Gasteiger partial charge in [-0.25, -0.2) is 0 Å². The van der Waals surface area contributed by atoms with Gasteiger partial charge in [0.05, 0.1) is 28.0 Å². The van der Waals surface area contributed by atoms with E-state index >= 15 is 0 Å². The largest absolute Gasteiger partial charge is 0.456 e. The zero-order valence-corrected chi connectivity index (χ0v) is 11.1. The van der Waals surface area contributed by atoms with Crippen LogP contribution in [0.25, 0.3) is 0 Å². The Morgan fingerprint density at radius 2 is 1.83 bits per heavy atom. The Labute approximate surface area is 115 Å². The SMILES string of the molecule is C[C@@H](O)c1ccc(Oc2ccc(Cl)c(Cl)c2)cn1. The molecule has 0 aliphatic heterocycles. The first kappa shape index (κ1) is 13.1. The monoisotopic (exact) mass is 283 g/mol. The number of aliphatic hydroxyl groups excluding tert-OH is 1. The number of aliphatic hydroxyl groups is 1. The molecule has 3 nitrogen and oxygen atoms in total. The van der Waals surface area contributed by atoms with Crippen LogP contribution in [0.4, 0.5) is 0 Å². The van der Waals surface area contributed by atoms with Crippen LogP contribution >= 0.6 is 23.2 Å². The number of pyridine rings is 1. The van der Waals surface area contributed by atoms with Gasteiger partial charge in [0.25, 0.3) is 0 Å². The maximum absolute atomic E-state index is 9.34. The highest BCUT2D eigenvalue weighted by molar-refractivity contribution is 6.42. The minimum atomic E-state index is -0.593. The van der Waals surface area contributed by atoms with Gasteiger partial charge in [-0.1, -0.05) is 23.2 Å². The molecule has 0 saturated heterocycles. The van der Waals surface area contributed by atoms with Crippen molar-refractivity contribution in [3.05, 3.63) is 52.3 Å². The molecule has 0 saturated carbocycles. The number of hydrogen-bond acceptors (Lipinski definition) is 3. The minimum absolute atomic E-state index is 0.433. The summed E-state index contributed by atoms with van der Waals surface area (Å²) in [6.07, 6.45) is 0.953. The molecular formula is C13H11Cl2NO2. The smallest absolute Gasteiger partial charge is 0.145 e. The van der Waals surface area contributed by atoms with Crippen molar-refractivity contribution in [3.63, 3.8) is 0 Å². The Balaban J connectivity index is 2.15. The van der Waals surface area contributed by atoms with Crippen LogP contribution in [0.5, 0.6) is 11.5 Å². The van der Waals surface area contributed by atoms with E-state index in [2.05, 4.69) is 4.98 Å². The summed E-state index contributed by atoms with van der Waals surface area (Å²) in [6.45, 7) is 1.65. The van der Waals surface area contributed by atoms with Crippen LogP contribution in [-0.4, -0.2) is 10.1 Å². The van der Waals surface area contributed by atoms with Crippen molar-refractivity contribution in [2.75, 3.05) is 0 Å². The standard InChI is InChI=1S/C13H11Cl2NO2/c1-8(17)13-5-3-10(7-16-13)18-9-2-4-11(14)12(15)6-9/h2-8,17H,1H3/t8-/m1/s1. The van der Waals surface area contributed by atoms with Crippen LogP contribution in [0, 0.1) is 0 Å². The molecule has 1 aromatic carbocycles. The van der Waals surface area contributed by atoms with E-state index in [9.17, 15) is 5.11 Å². The molecule has 0 amide bonds. The van der Waals surface area contributed by atoms with Crippen LogP contribution in [-0.2, 0) is 0 Å². The van der Waals surface area contributed by atoms with E-state index in [4.69, 9.17) is 27.9 Å². The molecule has 1 heterocycles. The first-order valence-corrected chi connectivity index (χ1v) is 6.09. The lowest BCUT2D eigenvalue weighted by Crippen LogP contribution is -1.95. The van der Waals surface area contributed by atoms with E-state index < -0.39 is 6.10 Å². The van der Waals surface area contributed by atoms with Gasteiger partial charge in [0.2, 0.25) is 0 Å². The third-order valence-electron chi connectivity index (χ3n) is 2.31. The van der Waals surface area contributed by atoms with Crippen molar-refractivity contribution in [1.82, 2.24) is 4.98 Å². The summed E-state index contributed by atoms with van der Waals surface area (Å²) in [6, 6.07) is 8.45.